The largest absolute Gasteiger partial charge is 0.379 e. The number of alkyl halides is 1. The van der Waals surface area contributed by atoms with Crippen LogP contribution in [-0.2, 0) is 5.60 Å². The van der Waals surface area contributed by atoms with Crippen molar-refractivity contribution in [3.05, 3.63) is 71.8 Å². The molecule has 2 rings (SSSR count). The molecule has 2 aromatic rings. The minimum absolute atomic E-state index is 0.140. The van der Waals surface area contributed by atoms with Crippen molar-refractivity contribution in [1.82, 2.24) is 0 Å². The summed E-state index contributed by atoms with van der Waals surface area (Å²) in [5.74, 6) is 0.140. The summed E-state index contributed by atoms with van der Waals surface area (Å²) in [5, 5.41) is 10.6. The summed E-state index contributed by atoms with van der Waals surface area (Å²) in [5.41, 5.74) is 0.525. The lowest BCUT2D eigenvalue weighted by Gasteiger charge is -2.26. The van der Waals surface area contributed by atoms with Crippen LogP contribution in [0.5, 0.6) is 0 Å². The van der Waals surface area contributed by atoms with Crippen molar-refractivity contribution < 1.29 is 5.11 Å². The second kappa shape index (κ2) is 4.69. The monoisotopic (exact) mass is 232 g/mol. The fourth-order valence-corrected chi connectivity index (χ4v) is 2.06. The lowest BCUT2D eigenvalue weighted by Crippen LogP contribution is -2.29. The van der Waals surface area contributed by atoms with Crippen LogP contribution in [0.25, 0.3) is 0 Å². The maximum absolute atomic E-state index is 10.6. The fourth-order valence-electron chi connectivity index (χ4n) is 1.75. The molecule has 82 valence electrons. The Kier molecular flexibility index (Phi) is 3.28. The first-order valence-corrected chi connectivity index (χ1v) is 5.70. The zero-order valence-corrected chi connectivity index (χ0v) is 9.56. The summed E-state index contributed by atoms with van der Waals surface area (Å²) >= 11 is 5.93. The molecule has 0 atom stereocenters. The van der Waals surface area contributed by atoms with Gasteiger partial charge in [0.15, 0.2) is 0 Å². The number of aliphatic hydroxyl groups is 1. The molecule has 0 bridgehead atoms. The molecule has 0 aliphatic carbocycles. The number of hydrogen-bond acceptors (Lipinski definition) is 1. The smallest absolute Gasteiger partial charge is 0.128 e. The van der Waals surface area contributed by atoms with E-state index < -0.39 is 5.60 Å². The highest BCUT2D eigenvalue weighted by Crippen LogP contribution is 2.30. The van der Waals surface area contributed by atoms with Gasteiger partial charge in [-0.05, 0) is 11.1 Å². The lowest BCUT2D eigenvalue weighted by atomic mass is 9.88. The third-order valence-corrected chi connectivity index (χ3v) is 3.08. The van der Waals surface area contributed by atoms with Crippen LogP contribution in [0.15, 0.2) is 60.7 Å². The van der Waals surface area contributed by atoms with Crippen molar-refractivity contribution in [2.75, 3.05) is 5.88 Å². The van der Waals surface area contributed by atoms with E-state index in [0.717, 1.165) is 11.1 Å². The zero-order chi connectivity index (χ0) is 11.4. The van der Waals surface area contributed by atoms with Gasteiger partial charge in [-0.15, -0.1) is 11.6 Å². The van der Waals surface area contributed by atoms with E-state index in [1.807, 2.05) is 60.7 Å². The Morgan fingerprint density at radius 2 is 1.19 bits per heavy atom. The maximum atomic E-state index is 10.6. The number of rotatable bonds is 3. The van der Waals surface area contributed by atoms with E-state index >= 15 is 0 Å². The van der Waals surface area contributed by atoms with Gasteiger partial charge >= 0.3 is 0 Å². The predicted molar refractivity (Wildman–Crippen MR) is 66.6 cm³/mol. The van der Waals surface area contributed by atoms with Crippen molar-refractivity contribution in [2.24, 2.45) is 0 Å². The summed E-state index contributed by atoms with van der Waals surface area (Å²) in [6, 6.07) is 19.0. The van der Waals surface area contributed by atoms with Gasteiger partial charge in [-0.1, -0.05) is 60.7 Å². The minimum atomic E-state index is -1.11. The quantitative estimate of drug-likeness (QED) is 0.806. The fraction of sp³-hybridized carbons (Fsp3) is 0.143. The van der Waals surface area contributed by atoms with E-state index in [0.29, 0.717) is 0 Å². The Balaban J connectivity index is 2.49. The Morgan fingerprint density at radius 3 is 1.50 bits per heavy atom. The van der Waals surface area contributed by atoms with Crippen LogP contribution in [0.2, 0.25) is 0 Å². The van der Waals surface area contributed by atoms with E-state index in [2.05, 4.69) is 0 Å². The molecule has 16 heavy (non-hydrogen) atoms. The highest BCUT2D eigenvalue weighted by atomic mass is 35.5. The second-order valence-electron chi connectivity index (χ2n) is 3.73. The minimum Gasteiger partial charge on any atom is -0.379 e. The highest BCUT2D eigenvalue weighted by molar-refractivity contribution is 6.18. The number of benzene rings is 2. The molecule has 1 N–H and O–H groups in total. The molecular weight excluding hydrogens is 220 g/mol. The summed E-state index contributed by atoms with van der Waals surface area (Å²) in [7, 11) is 0. The van der Waals surface area contributed by atoms with Gasteiger partial charge in [-0.2, -0.15) is 0 Å². The van der Waals surface area contributed by atoms with Gasteiger partial charge in [-0.25, -0.2) is 0 Å². The van der Waals surface area contributed by atoms with Crippen molar-refractivity contribution in [1.29, 1.82) is 0 Å². The van der Waals surface area contributed by atoms with Crippen LogP contribution < -0.4 is 0 Å². The summed E-state index contributed by atoms with van der Waals surface area (Å²) < 4.78 is 0. The van der Waals surface area contributed by atoms with Gasteiger partial charge in [0.25, 0.3) is 0 Å². The molecule has 0 fully saturated rings. The second-order valence-corrected chi connectivity index (χ2v) is 3.99. The third kappa shape index (κ3) is 1.97. The Bertz CT molecular complexity index is 399. The van der Waals surface area contributed by atoms with Crippen molar-refractivity contribution in [2.45, 2.75) is 5.60 Å². The molecule has 0 aromatic heterocycles. The first kappa shape index (κ1) is 11.2. The van der Waals surface area contributed by atoms with E-state index in [1.54, 1.807) is 0 Å². The van der Waals surface area contributed by atoms with E-state index in [4.69, 9.17) is 11.6 Å². The maximum Gasteiger partial charge on any atom is 0.128 e. The molecular formula is C14H13ClO. The van der Waals surface area contributed by atoms with Gasteiger partial charge in [-0.3, -0.25) is 0 Å². The number of hydrogen-bond donors (Lipinski definition) is 1. The lowest BCUT2D eigenvalue weighted by molar-refractivity contribution is 0.106. The average molecular weight is 233 g/mol. The Hall–Kier alpha value is -1.31. The molecule has 0 spiro atoms. The summed E-state index contributed by atoms with van der Waals surface area (Å²) in [6.45, 7) is 0. The summed E-state index contributed by atoms with van der Waals surface area (Å²) in [4.78, 5) is 0. The van der Waals surface area contributed by atoms with Crippen LogP contribution in [-0.4, -0.2) is 11.0 Å². The van der Waals surface area contributed by atoms with Gasteiger partial charge < -0.3 is 5.11 Å². The Labute approximate surface area is 100 Å². The van der Waals surface area contributed by atoms with Gasteiger partial charge in [0.1, 0.15) is 5.60 Å². The predicted octanol–water partition coefficient (Wildman–Crippen LogP) is 3.16. The van der Waals surface area contributed by atoms with Crippen molar-refractivity contribution in [3.63, 3.8) is 0 Å². The molecule has 0 unspecified atom stereocenters. The standard InChI is InChI=1S/C14H13ClO/c15-11-14(16,12-7-3-1-4-8-12)13-9-5-2-6-10-13/h1-10,16H,11H2. The molecule has 0 aliphatic rings. The summed E-state index contributed by atoms with van der Waals surface area (Å²) in [6.07, 6.45) is 0. The van der Waals surface area contributed by atoms with Gasteiger partial charge in [0, 0.05) is 0 Å². The number of halogens is 1. The Morgan fingerprint density at radius 1 is 0.812 bits per heavy atom. The molecule has 0 saturated carbocycles. The molecule has 0 radical (unpaired) electrons. The van der Waals surface area contributed by atoms with E-state index in [-0.39, 0.29) is 5.88 Å². The van der Waals surface area contributed by atoms with Gasteiger partial charge in [0.05, 0.1) is 5.88 Å². The first-order valence-electron chi connectivity index (χ1n) is 5.17. The third-order valence-electron chi connectivity index (χ3n) is 2.70. The molecule has 2 heteroatoms. The van der Waals surface area contributed by atoms with Crippen LogP contribution in [0.3, 0.4) is 0 Å². The van der Waals surface area contributed by atoms with Crippen LogP contribution in [0.4, 0.5) is 0 Å². The SMILES string of the molecule is OC(CCl)(c1ccccc1)c1ccccc1. The van der Waals surface area contributed by atoms with Gasteiger partial charge in [0.2, 0.25) is 0 Å². The first-order chi connectivity index (χ1) is 7.77. The van der Waals surface area contributed by atoms with Crippen LogP contribution >= 0.6 is 11.6 Å². The van der Waals surface area contributed by atoms with Crippen molar-refractivity contribution in [3.8, 4) is 0 Å². The molecule has 0 amide bonds. The molecule has 0 heterocycles. The topological polar surface area (TPSA) is 20.2 Å². The molecule has 2 aromatic carbocycles. The van der Waals surface area contributed by atoms with Crippen molar-refractivity contribution >= 4 is 11.6 Å². The van der Waals surface area contributed by atoms with E-state index in [9.17, 15) is 5.11 Å². The highest BCUT2D eigenvalue weighted by Gasteiger charge is 2.29. The molecule has 0 saturated heterocycles. The molecule has 0 aliphatic heterocycles. The molecule has 1 nitrogen and oxygen atoms in total. The zero-order valence-electron chi connectivity index (χ0n) is 8.81. The van der Waals surface area contributed by atoms with E-state index in [1.165, 1.54) is 0 Å². The normalized spacial score (nSPS) is 11.4. The van der Waals surface area contributed by atoms with Crippen LogP contribution in [0.1, 0.15) is 11.1 Å². The average Bonchev–Trinajstić information content (AvgIpc) is 2.40. The van der Waals surface area contributed by atoms with Crippen LogP contribution in [0, 0.1) is 0 Å².